The quantitative estimate of drug-likeness (QED) is 0.420. The summed E-state index contributed by atoms with van der Waals surface area (Å²) in [6.07, 6.45) is 5.58. The molecule has 1 aliphatic heterocycles. The Morgan fingerprint density at radius 2 is 2.31 bits per heavy atom. The molecular formula is C12H22O3Si. The molecule has 1 heterocycles. The monoisotopic (exact) mass is 242 g/mol. The molecule has 1 atom stereocenters. The smallest absolute Gasteiger partial charge is 0.330 e. The molecule has 0 aromatic carbocycles. The molecule has 1 fully saturated rings. The van der Waals surface area contributed by atoms with E-state index in [4.69, 9.17) is 9.47 Å². The number of esters is 1. The van der Waals surface area contributed by atoms with Crippen molar-refractivity contribution in [3.63, 3.8) is 0 Å². The van der Waals surface area contributed by atoms with Gasteiger partial charge in [0.15, 0.2) is 0 Å². The summed E-state index contributed by atoms with van der Waals surface area (Å²) < 4.78 is 11.0. The van der Waals surface area contributed by atoms with Crippen LogP contribution in [0.2, 0.25) is 13.1 Å². The van der Waals surface area contributed by atoms with E-state index in [1.165, 1.54) is 12.5 Å². The Morgan fingerprint density at radius 3 is 2.81 bits per heavy atom. The molecule has 92 valence electrons. The minimum atomic E-state index is -0.899. The minimum Gasteiger partial charge on any atom is -0.462 e. The normalized spacial score (nSPS) is 25.4. The van der Waals surface area contributed by atoms with Crippen molar-refractivity contribution in [2.24, 2.45) is 0 Å². The van der Waals surface area contributed by atoms with Gasteiger partial charge >= 0.3 is 5.97 Å². The zero-order valence-corrected chi connectivity index (χ0v) is 11.5. The Balaban J connectivity index is 2.44. The summed E-state index contributed by atoms with van der Waals surface area (Å²) in [6, 6.07) is 0. The second-order valence-electron chi connectivity index (χ2n) is 4.65. The van der Waals surface area contributed by atoms with Crippen molar-refractivity contribution in [1.29, 1.82) is 0 Å². The zero-order chi connectivity index (χ0) is 12.0. The van der Waals surface area contributed by atoms with Crippen molar-refractivity contribution in [2.75, 3.05) is 13.2 Å². The molecular weight excluding hydrogens is 220 g/mol. The van der Waals surface area contributed by atoms with Gasteiger partial charge in [-0.2, -0.15) is 0 Å². The zero-order valence-electron chi connectivity index (χ0n) is 10.3. The van der Waals surface area contributed by atoms with Gasteiger partial charge in [-0.1, -0.05) is 19.7 Å². The van der Waals surface area contributed by atoms with Crippen LogP contribution >= 0.6 is 0 Å². The van der Waals surface area contributed by atoms with Crippen molar-refractivity contribution in [1.82, 2.24) is 0 Å². The van der Waals surface area contributed by atoms with Crippen LogP contribution in [0.4, 0.5) is 0 Å². The van der Waals surface area contributed by atoms with Gasteiger partial charge in [0.2, 0.25) is 0 Å². The van der Waals surface area contributed by atoms with Crippen LogP contribution in [0.25, 0.3) is 0 Å². The maximum Gasteiger partial charge on any atom is 0.330 e. The number of carbonyl (C=O) groups is 1. The molecule has 0 radical (unpaired) electrons. The topological polar surface area (TPSA) is 35.5 Å². The molecule has 0 aromatic rings. The fourth-order valence-electron chi connectivity index (χ4n) is 2.20. The molecule has 0 aliphatic carbocycles. The first kappa shape index (κ1) is 13.5. The van der Waals surface area contributed by atoms with Gasteiger partial charge in [-0.15, -0.1) is 0 Å². The van der Waals surface area contributed by atoms with Crippen LogP contribution in [0.15, 0.2) is 12.7 Å². The molecule has 0 amide bonds. The standard InChI is InChI=1S/C12H22O3Si/c1-4-11(13)14-10-8-12(16(2)3)7-5-6-9-15-12/h4,16H,1,5-10H2,2-3H3. The van der Waals surface area contributed by atoms with Gasteiger partial charge < -0.3 is 9.47 Å². The predicted molar refractivity (Wildman–Crippen MR) is 67.2 cm³/mol. The van der Waals surface area contributed by atoms with E-state index in [9.17, 15) is 4.79 Å². The van der Waals surface area contributed by atoms with Gasteiger partial charge in [-0.25, -0.2) is 4.79 Å². The first-order valence-corrected chi connectivity index (χ1v) is 8.92. The molecule has 1 unspecified atom stereocenters. The third kappa shape index (κ3) is 3.45. The predicted octanol–water partition coefficient (Wildman–Crippen LogP) is 2.07. The summed E-state index contributed by atoms with van der Waals surface area (Å²) in [5.74, 6) is -0.337. The average molecular weight is 242 g/mol. The van der Waals surface area contributed by atoms with Gasteiger partial charge in [0.1, 0.15) is 0 Å². The van der Waals surface area contributed by atoms with Gasteiger partial charge in [-0.3, -0.25) is 0 Å². The molecule has 3 nitrogen and oxygen atoms in total. The van der Waals surface area contributed by atoms with Crippen LogP contribution in [-0.4, -0.2) is 33.2 Å². The Bertz CT molecular complexity index is 245. The minimum absolute atomic E-state index is 0.0414. The van der Waals surface area contributed by atoms with Crippen LogP contribution in [0, 0.1) is 0 Å². The lowest BCUT2D eigenvalue weighted by Crippen LogP contribution is -2.48. The fraction of sp³-hybridized carbons (Fsp3) is 0.750. The largest absolute Gasteiger partial charge is 0.462 e. The molecule has 0 aromatic heterocycles. The fourth-order valence-corrected chi connectivity index (χ4v) is 4.13. The first-order chi connectivity index (χ1) is 7.60. The lowest BCUT2D eigenvalue weighted by molar-refractivity contribution is -0.139. The molecule has 16 heavy (non-hydrogen) atoms. The van der Waals surface area contributed by atoms with E-state index in [1.807, 2.05) is 0 Å². The van der Waals surface area contributed by atoms with Crippen LogP contribution in [-0.2, 0) is 14.3 Å². The van der Waals surface area contributed by atoms with Crippen molar-refractivity contribution in [3.05, 3.63) is 12.7 Å². The number of rotatable bonds is 5. The summed E-state index contributed by atoms with van der Waals surface area (Å²) >= 11 is 0. The Morgan fingerprint density at radius 1 is 1.56 bits per heavy atom. The lowest BCUT2D eigenvalue weighted by atomic mass is 10.1. The van der Waals surface area contributed by atoms with E-state index >= 15 is 0 Å². The summed E-state index contributed by atoms with van der Waals surface area (Å²) in [6.45, 7) is 9.31. The highest BCUT2D eigenvalue weighted by atomic mass is 28.3. The van der Waals surface area contributed by atoms with E-state index in [0.29, 0.717) is 6.61 Å². The molecule has 0 bridgehead atoms. The maximum atomic E-state index is 11.0. The number of ether oxygens (including phenoxy) is 2. The highest BCUT2D eigenvalue weighted by molar-refractivity contribution is 6.59. The highest BCUT2D eigenvalue weighted by Gasteiger charge is 2.36. The van der Waals surface area contributed by atoms with E-state index in [0.717, 1.165) is 25.9 Å². The number of hydrogen-bond acceptors (Lipinski definition) is 3. The lowest BCUT2D eigenvalue weighted by Gasteiger charge is -2.40. The Kier molecular flexibility index (Phi) is 5.22. The second-order valence-corrected chi connectivity index (χ2v) is 8.01. The van der Waals surface area contributed by atoms with Crippen LogP contribution in [0.3, 0.4) is 0 Å². The summed E-state index contributed by atoms with van der Waals surface area (Å²) in [4.78, 5) is 11.0. The van der Waals surface area contributed by atoms with E-state index < -0.39 is 8.80 Å². The first-order valence-electron chi connectivity index (χ1n) is 6.04. The molecule has 1 aliphatic rings. The molecule has 0 spiro atoms. The third-order valence-corrected chi connectivity index (χ3v) is 6.22. The molecule has 1 rings (SSSR count). The van der Waals surface area contributed by atoms with E-state index in [2.05, 4.69) is 19.7 Å². The molecule has 1 saturated heterocycles. The summed E-state index contributed by atoms with van der Waals surface area (Å²) in [7, 11) is -0.899. The SMILES string of the molecule is C=CC(=O)OCCC1([SiH](C)C)CCCCO1. The van der Waals surface area contributed by atoms with E-state index in [-0.39, 0.29) is 11.2 Å². The number of hydrogen-bond donors (Lipinski definition) is 0. The Labute approximate surface area is 99.4 Å². The highest BCUT2D eigenvalue weighted by Crippen LogP contribution is 2.31. The Hall–Kier alpha value is -0.613. The summed E-state index contributed by atoms with van der Waals surface area (Å²) in [5.41, 5.74) is 0. The van der Waals surface area contributed by atoms with Gasteiger partial charge in [0, 0.05) is 19.1 Å². The van der Waals surface area contributed by atoms with Crippen molar-refractivity contribution < 1.29 is 14.3 Å². The van der Waals surface area contributed by atoms with Crippen molar-refractivity contribution in [2.45, 2.75) is 44.0 Å². The third-order valence-electron chi connectivity index (χ3n) is 3.37. The maximum absolute atomic E-state index is 11.0. The van der Waals surface area contributed by atoms with Crippen LogP contribution < -0.4 is 0 Å². The average Bonchev–Trinajstić information content (AvgIpc) is 2.30. The van der Waals surface area contributed by atoms with Crippen LogP contribution in [0.5, 0.6) is 0 Å². The molecule has 0 N–H and O–H groups in total. The summed E-state index contributed by atoms with van der Waals surface area (Å²) in [5, 5.41) is 0.0414. The number of carbonyl (C=O) groups excluding carboxylic acids is 1. The van der Waals surface area contributed by atoms with E-state index in [1.54, 1.807) is 0 Å². The van der Waals surface area contributed by atoms with Crippen LogP contribution in [0.1, 0.15) is 25.7 Å². The van der Waals surface area contributed by atoms with Gasteiger partial charge in [0.05, 0.1) is 20.6 Å². The molecule has 4 heteroatoms. The van der Waals surface area contributed by atoms with Gasteiger partial charge in [-0.05, 0) is 19.3 Å². The van der Waals surface area contributed by atoms with Gasteiger partial charge in [0.25, 0.3) is 0 Å². The van der Waals surface area contributed by atoms with Crippen molar-refractivity contribution in [3.8, 4) is 0 Å². The molecule has 0 saturated carbocycles. The second kappa shape index (κ2) is 6.20. The van der Waals surface area contributed by atoms with Crippen molar-refractivity contribution >= 4 is 14.8 Å².